The van der Waals surface area contributed by atoms with Crippen molar-refractivity contribution in [2.24, 2.45) is 4.99 Å². The number of guanidine groups is 1. The van der Waals surface area contributed by atoms with Crippen LogP contribution in [0.1, 0.15) is 15.9 Å². The lowest BCUT2D eigenvalue weighted by Crippen LogP contribution is -2.39. The third kappa shape index (κ3) is 6.44. The van der Waals surface area contributed by atoms with E-state index < -0.39 is 0 Å². The number of halogens is 1. The number of hydrogen-bond acceptors (Lipinski definition) is 4. The van der Waals surface area contributed by atoms with Crippen molar-refractivity contribution in [1.82, 2.24) is 10.2 Å². The van der Waals surface area contributed by atoms with Crippen LogP contribution in [0.2, 0.25) is 0 Å². The van der Waals surface area contributed by atoms with Crippen LogP contribution in [-0.4, -0.2) is 56.2 Å². The summed E-state index contributed by atoms with van der Waals surface area (Å²) >= 11 is 3.47. The smallest absolute Gasteiger partial charge is 0.257 e. The fourth-order valence-electron chi connectivity index (χ4n) is 2.83. The Bertz CT molecular complexity index is 817. The van der Waals surface area contributed by atoms with Crippen LogP contribution < -0.4 is 10.6 Å². The highest BCUT2D eigenvalue weighted by Crippen LogP contribution is 2.15. The van der Waals surface area contributed by atoms with Crippen LogP contribution in [0.4, 0.5) is 5.69 Å². The minimum absolute atomic E-state index is 0.187. The lowest BCUT2D eigenvalue weighted by Gasteiger charge is -2.25. The van der Waals surface area contributed by atoms with Crippen molar-refractivity contribution < 1.29 is 9.53 Å². The van der Waals surface area contributed by atoms with E-state index in [0.717, 1.165) is 48.6 Å². The van der Waals surface area contributed by atoms with E-state index in [4.69, 9.17) is 4.74 Å². The molecule has 3 rings (SSSR count). The molecule has 0 bridgehead atoms. The maximum atomic E-state index is 12.6. The Morgan fingerprint density at radius 2 is 1.93 bits per heavy atom. The molecule has 7 heteroatoms. The van der Waals surface area contributed by atoms with E-state index in [-0.39, 0.29) is 5.91 Å². The predicted octanol–water partition coefficient (Wildman–Crippen LogP) is 3.29. The third-order valence-corrected chi connectivity index (χ3v) is 4.92. The summed E-state index contributed by atoms with van der Waals surface area (Å²) in [5, 5.41) is 6.11. The summed E-state index contributed by atoms with van der Waals surface area (Å²) in [5.41, 5.74) is 2.56. The lowest BCUT2D eigenvalue weighted by molar-refractivity contribution is 0.0394. The Kier molecular flexibility index (Phi) is 7.59. The number of hydrogen-bond donors (Lipinski definition) is 2. The monoisotopic (exact) mass is 444 g/mol. The first-order valence-electron chi connectivity index (χ1n) is 9.35. The molecule has 0 radical (unpaired) electrons. The number of rotatable bonds is 5. The van der Waals surface area contributed by atoms with E-state index in [9.17, 15) is 4.79 Å². The van der Waals surface area contributed by atoms with Gasteiger partial charge in [-0.3, -0.25) is 20.0 Å². The quantitative estimate of drug-likeness (QED) is 0.548. The molecule has 1 saturated heterocycles. The molecule has 2 N–H and O–H groups in total. The van der Waals surface area contributed by atoms with Gasteiger partial charge in [-0.15, -0.1) is 0 Å². The molecule has 0 spiro atoms. The van der Waals surface area contributed by atoms with Crippen molar-refractivity contribution in [3.63, 3.8) is 0 Å². The largest absolute Gasteiger partial charge is 0.379 e. The maximum Gasteiger partial charge on any atom is 0.257 e. The zero-order valence-corrected chi connectivity index (χ0v) is 17.5. The minimum atomic E-state index is -0.187. The van der Waals surface area contributed by atoms with Gasteiger partial charge in [0.1, 0.15) is 0 Å². The number of carbonyl (C=O) groups is 1. The number of nitrogens with zero attached hydrogens (tertiary/aromatic N) is 2. The number of nitrogens with one attached hydrogen (secondary N) is 2. The molecule has 1 aliphatic rings. The third-order valence-electron chi connectivity index (χ3n) is 4.42. The van der Waals surface area contributed by atoms with Gasteiger partial charge in [-0.25, -0.2) is 0 Å². The maximum absolute atomic E-state index is 12.6. The Morgan fingerprint density at radius 3 is 2.64 bits per heavy atom. The fraction of sp³-hybridized carbons (Fsp3) is 0.333. The molecule has 0 unspecified atom stereocenters. The minimum Gasteiger partial charge on any atom is -0.379 e. The Hall–Kier alpha value is -2.22. The first-order valence-corrected chi connectivity index (χ1v) is 10.1. The normalized spacial score (nSPS) is 15.3. The van der Waals surface area contributed by atoms with Crippen molar-refractivity contribution in [3.8, 4) is 0 Å². The summed E-state index contributed by atoms with van der Waals surface area (Å²) in [6.45, 7) is 6.76. The Balaban J connectivity index is 1.68. The van der Waals surface area contributed by atoms with Gasteiger partial charge in [-0.1, -0.05) is 39.7 Å². The molecule has 0 aromatic heterocycles. The zero-order chi connectivity index (χ0) is 19.8. The highest BCUT2D eigenvalue weighted by atomic mass is 79.9. The molecule has 1 amide bonds. The molecule has 2 aromatic rings. The van der Waals surface area contributed by atoms with Gasteiger partial charge in [0.25, 0.3) is 5.91 Å². The summed E-state index contributed by atoms with van der Waals surface area (Å²) in [6.07, 6.45) is 0. The van der Waals surface area contributed by atoms with Gasteiger partial charge in [0, 0.05) is 35.4 Å². The molecule has 0 saturated carbocycles. The number of anilines is 1. The van der Waals surface area contributed by atoms with Gasteiger partial charge in [0.2, 0.25) is 5.96 Å². The number of benzene rings is 2. The van der Waals surface area contributed by atoms with Gasteiger partial charge in [0.15, 0.2) is 0 Å². The highest BCUT2D eigenvalue weighted by molar-refractivity contribution is 9.10. The van der Waals surface area contributed by atoms with Crippen LogP contribution in [0.5, 0.6) is 0 Å². The fourth-order valence-corrected chi connectivity index (χ4v) is 3.23. The van der Waals surface area contributed by atoms with Gasteiger partial charge in [-0.2, -0.15) is 0 Å². The first-order chi connectivity index (χ1) is 13.6. The molecule has 1 aliphatic heterocycles. The number of ether oxygens (including phenoxy) is 1. The van der Waals surface area contributed by atoms with Crippen LogP contribution in [0.3, 0.4) is 0 Å². The van der Waals surface area contributed by atoms with Crippen LogP contribution >= 0.6 is 15.9 Å². The average Bonchev–Trinajstić information content (AvgIpc) is 2.69. The molecule has 1 heterocycles. The van der Waals surface area contributed by atoms with E-state index in [1.165, 1.54) is 0 Å². The van der Waals surface area contributed by atoms with Crippen LogP contribution in [0, 0.1) is 6.92 Å². The summed E-state index contributed by atoms with van der Waals surface area (Å²) in [6, 6.07) is 15.2. The summed E-state index contributed by atoms with van der Waals surface area (Å²) < 4.78 is 6.33. The van der Waals surface area contributed by atoms with Crippen molar-refractivity contribution in [2.75, 3.05) is 44.7 Å². The molecule has 6 nitrogen and oxygen atoms in total. The highest BCUT2D eigenvalue weighted by Gasteiger charge is 2.12. The van der Waals surface area contributed by atoms with Gasteiger partial charge < -0.3 is 10.1 Å². The second kappa shape index (κ2) is 10.4. The molecule has 148 valence electrons. The summed E-state index contributed by atoms with van der Waals surface area (Å²) in [5.74, 6) is 0.254. The van der Waals surface area contributed by atoms with Gasteiger partial charge in [0.05, 0.1) is 19.8 Å². The van der Waals surface area contributed by atoms with E-state index in [1.54, 1.807) is 0 Å². The van der Waals surface area contributed by atoms with Crippen LogP contribution in [0.25, 0.3) is 0 Å². The van der Waals surface area contributed by atoms with Crippen molar-refractivity contribution in [3.05, 3.63) is 64.1 Å². The first kappa shape index (κ1) is 20.5. The van der Waals surface area contributed by atoms with E-state index in [2.05, 4.69) is 36.5 Å². The summed E-state index contributed by atoms with van der Waals surface area (Å²) in [4.78, 5) is 19.5. The molecular formula is C21H25BrN4O2. The molecule has 0 aliphatic carbocycles. The number of amides is 1. The Morgan fingerprint density at radius 1 is 1.18 bits per heavy atom. The Labute approximate surface area is 174 Å². The standard InChI is InChI=1S/C21H25BrN4O2/c1-16-5-7-17(8-6-16)20(27)25-21(24-19-4-2-3-18(22)15-19)23-9-10-26-11-13-28-14-12-26/h2-8,15H,9-14H2,1H3,(H2,23,24,25,27). The SMILES string of the molecule is Cc1ccc(C(=O)NC(=NCCN2CCOCC2)Nc2cccc(Br)c2)cc1. The topological polar surface area (TPSA) is 66.0 Å². The van der Waals surface area contributed by atoms with Crippen LogP contribution in [-0.2, 0) is 4.74 Å². The average molecular weight is 445 g/mol. The van der Waals surface area contributed by atoms with E-state index >= 15 is 0 Å². The van der Waals surface area contributed by atoms with E-state index in [1.807, 2.05) is 55.5 Å². The second-order valence-electron chi connectivity index (χ2n) is 6.64. The number of aliphatic imine (C=N–C) groups is 1. The van der Waals surface area contributed by atoms with Crippen molar-refractivity contribution >= 4 is 33.5 Å². The number of morpholine rings is 1. The second-order valence-corrected chi connectivity index (χ2v) is 7.56. The summed E-state index contributed by atoms with van der Waals surface area (Å²) in [7, 11) is 0. The van der Waals surface area contributed by atoms with Crippen molar-refractivity contribution in [2.45, 2.75) is 6.92 Å². The zero-order valence-electron chi connectivity index (χ0n) is 16.0. The molecule has 28 heavy (non-hydrogen) atoms. The molecule has 2 aromatic carbocycles. The van der Waals surface area contributed by atoms with Gasteiger partial charge >= 0.3 is 0 Å². The van der Waals surface area contributed by atoms with Gasteiger partial charge in [-0.05, 0) is 37.3 Å². The predicted molar refractivity (Wildman–Crippen MR) is 116 cm³/mol. The van der Waals surface area contributed by atoms with Crippen molar-refractivity contribution in [1.29, 1.82) is 0 Å². The molecule has 0 atom stereocenters. The van der Waals surface area contributed by atoms with Crippen LogP contribution in [0.15, 0.2) is 58.0 Å². The van der Waals surface area contributed by atoms with E-state index in [0.29, 0.717) is 18.1 Å². The molecular weight excluding hydrogens is 420 g/mol. The lowest BCUT2D eigenvalue weighted by atomic mass is 10.1. The number of carbonyl (C=O) groups excluding carboxylic acids is 1. The molecule has 1 fully saturated rings. The number of aryl methyl sites for hydroxylation is 1.